The van der Waals surface area contributed by atoms with Crippen molar-refractivity contribution in [1.82, 2.24) is 0 Å². The van der Waals surface area contributed by atoms with E-state index >= 15 is 0 Å². The second-order valence-corrected chi connectivity index (χ2v) is 6.61. The number of rotatable bonds is 3. The molecule has 1 atom stereocenters. The van der Waals surface area contributed by atoms with Crippen molar-refractivity contribution < 1.29 is 9.53 Å². The molecule has 22 heavy (non-hydrogen) atoms. The Labute approximate surface area is 135 Å². The fraction of sp³-hybridized carbons (Fsp3) is 0.278. The molecular formula is C18H19NO2S. The zero-order valence-corrected chi connectivity index (χ0v) is 13.8. The van der Waals surface area contributed by atoms with Gasteiger partial charge in [0, 0.05) is 5.69 Å². The van der Waals surface area contributed by atoms with Gasteiger partial charge in [0.15, 0.2) is 0 Å². The number of thioether (sulfide) groups is 1. The van der Waals surface area contributed by atoms with Gasteiger partial charge in [-0.25, -0.2) is 0 Å². The van der Waals surface area contributed by atoms with Crippen LogP contribution in [0, 0.1) is 13.8 Å². The molecule has 3 nitrogen and oxygen atoms in total. The molecule has 4 heteroatoms. The summed E-state index contributed by atoms with van der Waals surface area (Å²) in [6, 6.07) is 14.2. The molecule has 1 fully saturated rings. The average molecular weight is 313 g/mol. The van der Waals surface area contributed by atoms with Crippen LogP contribution in [0.15, 0.2) is 42.5 Å². The summed E-state index contributed by atoms with van der Waals surface area (Å²) in [7, 11) is 1.66. The zero-order chi connectivity index (χ0) is 15.7. The van der Waals surface area contributed by atoms with Crippen molar-refractivity contribution in [3.05, 3.63) is 59.2 Å². The molecule has 0 bridgehead atoms. The van der Waals surface area contributed by atoms with Crippen LogP contribution >= 0.6 is 11.8 Å². The maximum atomic E-state index is 12.4. The maximum Gasteiger partial charge on any atom is 0.238 e. The maximum absolute atomic E-state index is 12.4. The second kappa shape index (κ2) is 6.05. The average Bonchev–Trinajstić information content (AvgIpc) is 2.88. The molecule has 0 radical (unpaired) electrons. The highest BCUT2D eigenvalue weighted by molar-refractivity contribution is 8.00. The molecule has 0 unspecified atom stereocenters. The van der Waals surface area contributed by atoms with Crippen LogP contribution in [0.5, 0.6) is 5.75 Å². The smallest absolute Gasteiger partial charge is 0.238 e. The van der Waals surface area contributed by atoms with E-state index in [2.05, 4.69) is 32.0 Å². The molecule has 1 aliphatic rings. The predicted octanol–water partition coefficient (Wildman–Crippen LogP) is 4.09. The monoisotopic (exact) mass is 313 g/mol. The summed E-state index contributed by atoms with van der Waals surface area (Å²) in [5, 5.41) is 0.0274. The Morgan fingerprint density at radius 2 is 1.73 bits per heavy atom. The summed E-state index contributed by atoms with van der Waals surface area (Å²) in [4.78, 5) is 14.3. The predicted molar refractivity (Wildman–Crippen MR) is 91.6 cm³/mol. The van der Waals surface area contributed by atoms with Crippen molar-refractivity contribution >= 4 is 23.4 Å². The highest BCUT2D eigenvalue weighted by Gasteiger charge is 2.34. The lowest BCUT2D eigenvalue weighted by Gasteiger charge is -2.25. The first-order valence-electron chi connectivity index (χ1n) is 7.24. The number of carbonyl (C=O) groups excluding carboxylic acids is 1. The van der Waals surface area contributed by atoms with Crippen LogP contribution in [0.25, 0.3) is 0 Å². The van der Waals surface area contributed by atoms with E-state index in [1.165, 1.54) is 11.1 Å². The molecular weight excluding hydrogens is 294 g/mol. The standard InChI is InChI=1S/C18H19NO2S/c1-12-8-13(2)10-15(9-12)19-17(20)11-22-18(19)14-4-6-16(21-3)7-5-14/h4-10,18H,11H2,1-3H3/t18-/m0/s1. The molecule has 1 amide bonds. The summed E-state index contributed by atoms with van der Waals surface area (Å²) in [6.45, 7) is 4.12. The van der Waals surface area contributed by atoms with Crippen LogP contribution in [0.3, 0.4) is 0 Å². The molecule has 0 spiro atoms. The minimum absolute atomic E-state index is 0.0274. The van der Waals surface area contributed by atoms with Crippen LogP contribution in [0.4, 0.5) is 5.69 Å². The van der Waals surface area contributed by atoms with Gasteiger partial charge >= 0.3 is 0 Å². The Morgan fingerprint density at radius 3 is 2.32 bits per heavy atom. The zero-order valence-electron chi connectivity index (χ0n) is 13.0. The van der Waals surface area contributed by atoms with E-state index in [-0.39, 0.29) is 11.3 Å². The molecule has 0 aliphatic carbocycles. The molecule has 1 heterocycles. The van der Waals surface area contributed by atoms with E-state index in [4.69, 9.17) is 4.74 Å². The van der Waals surface area contributed by atoms with Crippen LogP contribution in [0.1, 0.15) is 22.1 Å². The molecule has 1 aliphatic heterocycles. The number of hydrogen-bond acceptors (Lipinski definition) is 3. The Bertz CT molecular complexity index is 676. The van der Waals surface area contributed by atoms with Crippen LogP contribution in [0.2, 0.25) is 0 Å². The summed E-state index contributed by atoms with van der Waals surface area (Å²) < 4.78 is 5.21. The molecule has 0 saturated carbocycles. The molecule has 1 saturated heterocycles. The lowest BCUT2D eigenvalue weighted by molar-refractivity contribution is -0.115. The van der Waals surface area contributed by atoms with E-state index < -0.39 is 0 Å². The summed E-state index contributed by atoms with van der Waals surface area (Å²) in [5.74, 6) is 1.51. The number of aryl methyl sites for hydroxylation is 2. The van der Waals surface area contributed by atoms with Crippen molar-refractivity contribution in [2.45, 2.75) is 19.2 Å². The van der Waals surface area contributed by atoms with E-state index in [1.54, 1.807) is 18.9 Å². The number of benzene rings is 2. The number of amides is 1. The van der Waals surface area contributed by atoms with Crippen LogP contribution in [-0.2, 0) is 4.79 Å². The van der Waals surface area contributed by atoms with Crippen molar-refractivity contribution in [2.24, 2.45) is 0 Å². The van der Waals surface area contributed by atoms with E-state index in [1.807, 2.05) is 29.2 Å². The first kappa shape index (κ1) is 15.0. The Kier molecular flexibility index (Phi) is 4.12. The normalized spacial score (nSPS) is 17.9. The molecule has 0 N–H and O–H groups in total. The molecule has 114 valence electrons. The highest BCUT2D eigenvalue weighted by Crippen LogP contribution is 2.42. The van der Waals surface area contributed by atoms with Gasteiger partial charge in [0.2, 0.25) is 5.91 Å². The van der Waals surface area contributed by atoms with Gasteiger partial charge in [-0.1, -0.05) is 18.2 Å². The van der Waals surface area contributed by atoms with E-state index in [9.17, 15) is 4.79 Å². The van der Waals surface area contributed by atoms with Gasteiger partial charge in [0.25, 0.3) is 0 Å². The number of nitrogens with zero attached hydrogens (tertiary/aromatic N) is 1. The Hall–Kier alpha value is -1.94. The lowest BCUT2D eigenvalue weighted by atomic mass is 10.1. The third-order valence-corrected chi connectivity index (χ3v) is 4.97. The van der Waals surface area contributed by atoms with E-state index in [0.717, 1.165) is 17.0 Å². The number of anilines is 1. The highest BCUT2D eigenvalue weighted by atomic mass is 32.2. The number of methoxy groups -OCH3 is 1. The topological polar surface area (TPSA) is 29.5 Å². The minimum Gasteiger partial charge on any atom is -0.497 e. The minimum atomic E-state index is 0.0274. The fourth-order valence-corrected chi connectivity index (χ4v) is 3.99. The SMILES string of the molecule is COc1ccc([C@@H]2SCC(=O)N2c2cc(C)cc(C)c2)cc1. The first-order chi connectivity index (χ1) is 10.6. The fourth-order valence-electron chi connectivity index (χ4n) is 2.81. The Balaban J connectivity index is 1.97. The van der Waals surface area contributed by atoms with Gasteiger partial charge in [0.1, 0.15) is 11.1 Å². The van der Waals surface area contributed by atoms with Crippen molar-refractivity contribution in [3.8, 4) is 5.75 Å². The van der Waals surface area contributed by atoms with Gasteiger partial charge < -0.3 is 4.74 Å². The van der Waals surface area contributed by atoms with E-state index in [0.29, 0.717) is 5.75 Å². The molecule has 2 aromatic rings. The van der Waals surface area contributed by atoms with Crippen molar-refractivity contribution in [1.29, 1.82) is 0 Å². The largest absolute Gasteiger partial charge is 0.497 e. The van der Waals surface area contributed by atoms with Gasteiger partial charge in [-0.05, 0) is 54.8 Å². The van der Waals surface area contributed by atoms with Crippen molar-refractivity contribution in [2.75, 3.05) is 17.8 Å². The summed E-state index contributed by atoms with van der Waals surface area (Å²) in [6.07, 6.45) is 0. The third-order valence-electron chi connectivity index (χ3n) is 3.75. The Morgan fingerprint density at radius 1 is 1.09 bits per heavy atom. The second-order valence-electron chi connectivity index (χ2n) is 5.55. The van der Waals surface area contributed by atoms with Gasteiger partial charge in [-0.15, -0.1) is 11.8 Å². The van der Waals surface area contributed by atoms with Gasteiger partial charge in [0.05, 0.1) is 12.9 Å². The summed E-state index contributed by atoms with van der Waals surface area (Å²) >= 11 is 1.67. The lowest BCUT2D eigenvalue weighted by Crippen LogP contribution is -2.27. The van der Waals surface area contributed by atoms with Crippen molar-refractivity contribution in [3.63, 3.8) is 0 Å². The number of ether oxygens (including phenoxy) is 1. The van der Waals surface area contributed by atoms with Crippen LogP contribution in [-0.4, -0.2) is 18.8 Å². The van der Waals surface area contributed by atoms with Gasteiger partial charge in [-0.3, -0.25) is 9.69 Å². The molecule has 2 aromatic carbocycles. The molecule has 3 rings (SSSR count). The van der Waals surface area contributed by atoms with Gasteiger partial charge in [-0.2, -0.15) is 0 Å². The molecule has 0 aromatic heterocycles. The number of hydrogen-bond donors (Lipinski definition) is 0. The van der Waals surface area contributed by atoms with Crippen LogP contribution < -0.4 is 9.64 Å². The third kappa shape index (κ3) is 2.83. The summed E-state index contributed by atoms with van der Waals surface area (Å²) in [5.41, 5.74) is 4.45. The first-order valence-corrected chi connectivity index (χ1v) is 8.29. The quantitative estimate of drug-likeness (QED) is 0.855. The number of carbonyl (C=O) groups is 1.